The fourth-order valence-electron chi connectivity index (χ4n) is 1.70. The van der Waals surface area contributed by atoms with Gasteiger partial charge in [-0.15, -0.1) is 6.58 Å². The van der Waals surface area contributed by atoms with Crippen LogP contribution in [-0.2, 0) is 14.8 Å². The maximum atomic E-state index is 11.8. The van der Waals surface area contributed by atoms with E-state index < -0.39 is 10.0 Å². The van der Waals surface area contributed by atoms with Crippen molar-refractivity contribution in [3.63, 3.8) is 0 Å². The standard InChI is InChI=1S/C14H20N2O4S/c1-4-10-16(21(3,18)19)13-7-5-12(6-8-13)14(17)15-9-11-20-2/h4-8H,1,9-11H2,2-3H3,(H,15,17). The molecule has 0 unspecified atom stereocenters. The van der Waals surface area contributed by atoms with Gasteiger partial charge in [0, 0.05) is 19.2 Å². The summed E-state index contributed by atoms with van der Waals surface area (Å²) >= 11 is 0. The summed E-state index contributed by atoms with van der Waals surface area (Å²) in [5.74, 6) is -0.228. The maximum Gasteiger partial charge on any atom is 0.251 e. The second kappa shape index (κ2) is 7.80. The van der Waals surface area contributed by atoms with Gasteiger partial charge in [-0.1, -0.05) is 6.08 Å². The number of carbonyl (C=O) groups excluding carboxylic acids is 1. The molecule has 0 radical (unpaired) electrons. The lowest BCUT2D eigenvalue weighted by molar-refractivity contribution is 0.0937. The van der Waals surface area contributed by atoms with Crippen molar-refractivity contribution in [2.45, 2.75) is 0 Å². The van der Waals surface area contributed by atoms with Gasteiger partial charge in [0.15, 0.2) is 0 Å². The van der Waals surface area contributed by atoms with E-state index in [1.807, 2.05) is 0 Å². The molecular formula is C14H20N2O4S. The average molecular weight is 312 g/mol. The highest BCUT2D eigenvalue weighted by molar-refractivity contribution is 7.92. The number of amides is 1. The summed E-state index contributed by atoms with van der Waals surface area (Å²) in [6.45, 7) is 4.58. The van der Waals surface area contributed by atoms with Gasteiger partial charge in [0.2, 0.25) is 10.0 Å². The molecule has 0 atom stereocenters. The van der Waals surface area contributed by atoms with Gasteiger partial charge < -0.3 is 10.1 Å². The minimum Gasteiger partial charge on any atom is -0.383 e. The van der Waals surface area contributed by atoms with E-state index in [0.717, 1.165) is 6.26 Å². The zero-order chi connectivity index (χ0) is 15.9. The van der Waals surface area contributed by atoms with Crippen LogP contribution in [0.2, 0.25) is 0 Å². The lowest BCUT2D eigenvalue weighted by Gasteiger charge is -2.20. The van der Waals surface area contributed by atoms with E-state index in [2.05, 4.69) is 11.9 Å². The number of hydrogen-bond acceptors (Lipinski definition) is 4. The number of methoxy groups -OCH3 is 1. The van der Waals surface area contributed by atoms with Gasteiger partial charge in [0.05, 0.1) is 25.1 Å². The van der Waals surface area contributed by atoms with E-state index in [1.165, 1.54) is 10.4 Å². The van der Waals surface area contributed by atoms with Crippen LogP contribution in [0.15, 0.2) is 36.9 Å². The molecule has 116 valence electrons. The zero-order valence-corrected chi connectivity index (χ0v) is 13.0. The van der Waals surface area contributed by atoms with Crippen molar-refractivity contribution in [1.29, 1.82) is 0 Å². The Labute approximate surface area is 125 Å². The van der Waals surface area contributed by atoms with Gasteiger partial charge in [-0.25, -0.2) is 8.42 Å². The van der Waals surface area contributed by atoms with Gasteiger partial charge in [-0.2, -0.15) is 0 Å². The molecular weight excluding hydrogens is 292 g/mol. The fourth-order valence-corrected chi connectivity index (χ4v) is 2.58. The number of ether oxygens (including phenoxy) is 1. The molecule has 0 aliphatic heterocycles. The van der Waals surface area contributed by atoms with E-state index in [0.29, 0.717) is 24.4 Å². The summed E-state index contributed by atoms with van der Waals surface area (Å²) in [6.07, 6.45) is 2.63. The largest absolute Gasteiger partial charge is 0.383 e. The molecule has 0 spiro atoms. The molecule has 1 amide bonds. The van der Waals surface area contributed by atoms with E-state index in [1.54, 1.807) is 31.4 Å². The Morgan fingerprint density at radius 3 is 2.48 bits per heavy atom. The number of nitrogens with zero attached hydrogens (tertiary/aromatic N) is 1. The minimum atomic E-state index is -3.39. The van der Waals surface area contributed by atoms with Crippen molar-refractivity contribution in [3.05, 3.63) is 42.5 Å². The summed E-state index contributed by atoms with van der Waals surface area (Å²) in [4.78, 5) is 11.8. The number of hydrogen-bond donors (Lipinski definition) is 1. The summed E-state index contributed by atoms with van der Waals surface area (Å²) in [7, 11) is -1.83. The molecule has 1 aromatic carbocycles. The number of rotatable bonds is 8. The first-order valence-corrected chi connectivity index (χ1v) is 8.20. The van der Waals surface area contributed by atoms with Crippen LogP contribution in [0.1, 0.15) is 10.4 Å². The highest BCUT2D eigenvalue weighted by Crippen LogP contribution is 2.18. The van der Waals surface area contributed by atoms with Gasteiger partial charge in [0.1, 0.15) is 0 Å². The molecule has 1 aromatic rings. The first-order valence-electron chi connectivity index (χ1n) is 6.36. The van der Waals surface area contributed by atoms with E-state index >= 15 is 0 Å². The highest BCUT2D eigenvalue weighted by Gasteiger charge is 2.16. The third-order valence-corrected chi connectivity index (χ3v) is 3.87. The van der Waals surface area contributed by atoms with Crippen molar-refractivity contribution < 1.29 is 17.9 Å². The molecule has 0 fully saturated rings. The van der Waals surface area contributed by atoms with Crippen LogP contribution in [0.4, 0.5) is 5.69 Å². The molecule has 0 saturated heterocycles. The summed E-state index contributed by atoms with van der Waals surface area (Å²) < 4.78 is 29.5. The number of anilines is 1. The van der Waals surface area contributed by atoms with E-state index in [4.69, 9.17) is 4.74 Å². The van der Waals surface area contributed by atoms with E-state index in [-0.39, 0.29) is 12.5 Å². The highest BCUT2D eigenvalue weighted by atomic mass is 32.2. The topological polar surface area (TPSA) is 75.7 Å². The molecule has 21 heavy (non-hydrogen) atoms. The second-order valence-corrected chi connectivity index (χ2v) is 6.29. The molecule has 0 aliphatic carbocycles. The van der Waals surface area contributed by atoms with Gasteiger partial charge in [-0.05, 0) is 24.3 Å². The Balaban J connectivity index is 2.85. The van der Waals surface area contributed by atoms with Crippen LogP contribution >= 0.6 is 0 Å². The van der Waals surface area contributed by atoms with Crippen molar-refractivity contribution in [1.82, 2.24) is 5.32 Å². The lowest BCUT2D eigenvalue weighted by Crippen LogP contribution is -2.30. The number of sulfonamides is 1. The van der Waals surface area contributed by atoms with Crippen LogP contribution in [0.5, 0.6) is 0 Å². The Hall–Kier alpha value is -1.86. The summed E-state index contributed by atoms with van der Waals surface area (Å²) in [6, 6.07) is 6.35. The molecule has 0 heterocycles. The third-order valence-electron chi connectivity index (χ3n) is 2.70. The van der Waals surface area contributed by atoms with Crippen molar-refractivity contribution in [2.75, 3.05) is 37.4 Å². The summed E-state index contributed by atoms with van der Waals surface area (Å²) in [5, 5.41) is 2.69. The third kappa shape index (κ3) is 5.20. The van der Waals surface area contributed by atoms with Crippen LogP contribution in [0.3, 0.4) is 0 Å². The van der Waals surface area contributed by atoms with Gasteiger partial charge in [-0.3, -0.25) is 9.10 Å². The first-order chi connectivity index (χ1) is 9.90. The zero-order valence-electron chi connectivity index (χ0n) is 12.2. The van der Waals surface area contributed by atoms with Crippen LogP contribution in [0.25, 0.3) is 0 Å². The second-order valence-electron chi connectivity index (χ2n) is 4.38. The minimum absolute atomic E-state index is 0.179. The van der Waals surface area contributed by atoms with E-state index in [9.17, 15) is 13.2 Å². The Kier molecular flexibility index (Phi) is 6.39. The van der Waals surface area contributed by atoms with Crippen molar-refractivity contribution in [2.24, 2.45) is 0 Å². The molecule has 7 heteroatoms. The molecule has 1 rings (SSSR count). The predicted molar refractivity (Wildman–Crippen MR) is 83.0 cm³/mol. The number of benzene rings is 1. The Morgan fingerprint density at radius 2 is 2.00 bits per heavy atom. The smallest absolute Gasteiger partial charge is 0.251 e. The predicted octanol–water partition coefficient (Wildman–Crippen LogP) is 1.01. The fraction of sp³-hybridized carbons (Fsp3) is 0.357. The van der Waals surface area contributed by atoms with Crippen LogP contribution < -0.4 is 9.62 Å². The lowest BCUT2D eigenvalue weighted by atomic mass is 10.2. The monoisotopic (exact) mass is 312 g/mol. The summed E-state index contributed by atoms with van der Waals surface area (Å²) in [5.41, 5.74) is 0.952. The van der Waals surface area contributed by atoms with Crippen LogP contribution in [0, 0.1) is 0 Å². The van der Waals surface area contributed by atoms with Gasteiger partial charge >= 0.3 is 0 Å². The molecule has 0 bridgehead atoms. The molecule has 0 saturated carbocycles. The molecule has 0 aliphatic rings. The quantitative estimate of drug-likeness (QED) is 0.574. The van der Waals surface area contributed by atoms with Crippen LogP contribution in [-0.4, -0.2) is 47.4 Å². The number of carbonyl (C=O) groups is 1. The average Bonchev–Trinajstić information content (AvgIpc) is 2.44. The molecule has 1 N–H and O–H groups in total. The first kappa shape index (κ1) is 17.2. The SMILES string of the molecule is C=CCN(c1ccc(C(=O)NCCOC)cc1)S(C)(=O)=O. The van der Waals surface area contributed by atoms with Gasteiger partial charge in [0.25, 0.3) is 5.91 Å². The molecule has 6 nitrogen and oxygen atoms in total. The van der Waals surface area contributed by atoms with Crippen molar-refractivity contribution >= 4 is 21.6 Å². The number of nitrogens with one attached hydrogen (secondary N) is 1. The molecule has 0 aromatic heterocycles. The maximum absolute atomic E-state index is 11.8. The normalized spacial score (nSPS) is 11.0. The Bertz CT molecular complexity index is 581. The Morgan fingerprint density at radius 1 is 1.38 bits per heavy atom. The van der Waals surface area contributed by atoms with Crippen molar-refractivity contribution in [3.8, 4) is 0 Å².